The van der Waals surface area contributed by atoms with E-state index in [1.165, 1.54) is 56.9 Å². The lowest BCUT2D eigenvalue weighted by Crippen LogP contribution is -2.13. The third kappa shape index (κ3) is 4.09. The monoisotopic (exact) mass is 274 g/mol. The molecule has 1 aliphatic carbocycles. The number of hydrogen-bond acceptors (Lipinski definition) is 1. The second kappa shape index (κ2) is 7.47. The molecule has 0 aliphatic heterocycles. The van der Waals surface area contributed by atoms with E-state index in [9.17, 15) is 4.79 Å². The Morgan fingerprint density at radius 3 is 2.30 bits per heavy atom. The molecule has 2 rings (SSSR count). The Kier molecular flexibility index (Phi) is 5.63. The molecule has 0 saturated heterocycles. The minimum Gasteiger partial charge on any atom is -0.478 e. The van der Waals surface area contributed by atoms with Crippen LogP contribution in [0, 0.1) is 5.92 Å². The molecule has 20 heavy (non-hydrogen) atoms. The highest BCUT2D eigenvalue weighted by Crippen LogP contribution is 2.37. The van der Waals surface area contributed by atoms with Gasteiger partial charge in [-0.3, -0.25) is 0 Å². The van der Waals surface area contributed by atoms with Crippen molar-refractivity contribution in [3.8, 4) is 0 Å². The van der Waals surface area contributed by atoms with E-state index < -0.39 is 5.97 Å². The number of carboxylic acid groups (broad SMARTS) is 1. The van der Waals surface area contributed by atoms with Gasteiger partial charge in [0.15, 0.2) is 0 Å². The van der Waals surface area contributed by atoms with E-state index in [-0.39, 0.29) is 0 Å². The summed E-state index contributed by atoms with van der Waals surface area (Å²) in [6, 6.07) is 7.49. The average Bonchev–Trinajstić information content (AvgIpc) is 2.48. The summed E-state index contributed by atoms with van der Waals surface area (Å²) in [6.07, 6.45) is 10.7. The molecule has 0 bridgehead atoms. The highest BCUT2D eigenvalue weighted by molar-refractivity contribution is 5.87. The molecular weight excluding hydrogens is 248 g/mol. The second-order valence-corrected chi connectivity index (χ2v) is 6.14. The quantitative estimate of drug-likeness (QED) is 0.720. The lowest BCUT2D eigenvalue weighted by molar-refractivity contribution is 0.0697. The lowest BCUT2D eigenvalue weighted by Gasteiger charge is -2.29. The van der Waals surface area contributed by atoms with E-state index in [1.807, 2.05) is 12.1 Å². The van der Waals surface area contributed by atoms with Crippen LogP contribution in [0.15, 0.2) is 24.3 Å². The van der Waals surface area contributed by atoms with Crippen molar-refractivity contribution >= 4 is 5.97 Å². The second-order valence-electron chi connectivity index (χ2n) is 6.14. The summed E-state index contributed by atoms with van der Waals surface area (Å²) in [5.74, 6) is 0.729. The number of aromatic carboxylic acids is 1. The first-order valence-corrected chi connectivity index (χ1v) is 8.04. The maximum absolute atomic E-state index is 10.9. The minimum atomic E-state index is -0.837. The molecule has 0 radical (unpaired) electrons. The van der Waals surface area contributed by atoms with Crippen molar-refractivity contribution in [1.29, 1.82) is 0 Å². The van der Waals surface area contributed by atoms with E-state index in [0.717, 1.165) is 5.92 Å². The van der Waals surface area contributed by atoms with Crippen LogP contribution in [0.3, 0.4) is 0 Å². The summed E-state index contributed by atoms with van der Waals surface area (Å²) in [5, 5.41) is 8.92. The first kappa shape index (κ1) is 15.1. The summed E-state index contributed by atoms with van der Waals surface area (Å²) in [7, 11) is 0. The van der Waals surface area contributed by atoms with Gasteiger partial charge < -0.3 is 5.11 Å². The maximum Gasteiger partial charge on any atom is 0.335 e. The Morgan fingerprint density at radius 2 is 1.75 bits per heavy atom. The Morgan fingerprint density at radius 1 is 1.10 bits per heavy atom. The van der Waals surface area contributed by atoms with Gasteiger partial charge in [-0.25, -0.2) is 4.79 Å². The van der Waals surface area contributed by atoms with Crippen LogP contribution in [-0.4, -0.2) is 11.1 Å². The molecule has 1 aromatic carbocycles. The number of unbranched alkanes of at least 4 members (excludes halogenated alkanes) is 2. The molecule has 2 nitrogen and oxygen atoms in total. The molecule has 2 heteroatoms. The number of rotatable bonds is 6. The maximum atomic E-state index is 10.9. The van der Waals surface area contributed by atoms with Gasteiger partial charge >= 0.3 is 5.97 Å². The minimum absolute atomic E-state index is 0.391. The smallest absolute Gasteiger partial charge is 0.335 e. The fourth-order valence-corrected chi connectivity index (χ4v) is 3.37. The van der Waals surface area contributed by atoms with Gasteiger partial charge in [0.1, 0.15) is 0 Å². The predicted octanol–water partition coefficient (Wildman–Crippen LogP) is 5.24. The van der Waals surface area contributed by atoms with E-state index >= 15 is 0 Å². The molecule has 0 spiro atoms. The van der Waals surface area contributed by atoms with Crippen molar-refractivity contribution < 1.29 is 9.90 Å². The number of benzene rings is 1. The predicted molar refractivity (Wildman–Crippen MR) is 82.2 cm³/mol. The molecule has 1 aromatic rings. The Bertz CT molecular complexity index is 414. The third-order valence-corrected chi connectivity index (χ3v) is 4.69. The summed E-state index contributed by atoms with van der Waals surface area (Å²) in [5.41, 5.74) is 1.71. The molecule has 1 N–H and O–H groups in total. The fourth-order valence-electron chi connectivity index (χ4n) is 3.37. The van der Waals surface area contributed by atoms with Crippen molar-refractivity contribution in [3.63, 3.8) is 0 Å². The summed E-state index contributed by atoms with van der Waals surface area (Å²) in [4.78, 5) is 10.9. The zero-order chi connectivity index (χ0) is 14.4. The van der Waals surface area contributed by atoms with Gasteiger partial charge in [-0.2, -0.15) is 0 Å². The van der Waals surface area contributed by atoms with Crippen LogP contribution in [-0.2, 0) is 0 Å². The molecule has 0 unspecified atom stereocenters. The van der Waals surface area contributed by atoms with Gasteiger partial charge in [0, 0.05) is 0 Å². The van der Waals surface area contributed by atoms with Crippen LogP contribution in [0.1, 0.15) is 80.1 Å². The molecule has 0 amide bonds. The SMILES string of the molecule is CCCCC[C@H]1CC[C@H](c2ccc(C(=O)O)cc2)CC1. The van der Waals surface area contributed by atoms with Gasteiger partial charge in [0.2, 0.25) is 0 Å². The molecule has 0 atom stereocenters. The molecule has 1 saturated carbocycles. The third-order valence-electron chi connectivity index (χ3n) is 4.69. The first-order valence-electron chi connectivity index (χ1n) is 8.04. The van der Waals surface area contributed by atoms with E-state index in [2.05, 4.69) is 6.92 Å². The molecule has 110 valence electrons. The van der Waals surface area contributed by atoms with Crippen molar-refractivity contribution in [1.82, 2.24) is 0 Å². The summed E-state index contributed by atoms with van der Waals surface area (Å²) < 4.78 is 0. The molecule has 0 heterocycles. The zero-order valence-corrected chi connectivity index (χ0v) is 12.5. The molecular formula is C18H26O2. The van der Waals surface area contributed by atoms with E-state index in [4.69, 9.17) is 5.11 Å². The Hall–Kier alpha value is -1.31. The van der Waals surface area contributed by atoms with Gasteiger partial charge in [-0.05, 0) is 55.2 Å². The van der Waals surface area contributed by atoms with Crippen molar-refractivity contribution in [2.24, 2.45) is 5.92 Å². The van der Waals surface area contributed by atoms with E-state index in [0.29, 0.717) is 11.5 Å². The Balaban J connectivity index is 1.82. The van der Waals surface area contributed by atoms with Crippen molar-refractivity contribution in [2.75, 3.05) is 0 Å². The lowest BCUT2D eigenvalue weighted by atomic mass is 9.77. The summed E-state index contributed by atoms with van der Waals surface area (Å²) >= 11 is 0. The van der Waals surface area contributed by atoms with Crippen molar-refractivity contribution in [3.05, 3.63) is 35.4 Å². The normalized spacial score (nSPS) is 22.6. The summed E-state index contributed by atoms with van der Waals surface area (Å²) in [6.45, 7) is 2.26. The van der Waals surface area contributed by atoms with Crippen LogP contribution in [0.4, 0.5) is 0 Å². The van der Waals surface area contributed by atoms with E-state index in [1.54, 1.807) is 12.1 Å². The molecule has 0 aromatic heterocycles. The highest BCUT2D eigenvalue weighted by Gasteiger charge is 2.22. The van der Waals surface area contributed by atoms with Crippen molar-refractivity contribution in [2.45, 2.75) is 64.2 Å². The van der Waals surface area contributed by atoms with Gasteiger partial charge in [0.05, 0.1) is 5.56 Å². The molecule has 1 fully saturated rings. The average molecular weight is 274 g/mol. The standard InChI is InChI=1S/C18H26O2/c1-2-3-4-5-14-6-8-15(9-7-14)16-10-12-17(13-11-16)18(19)20/h10-15H,2-9H2,1H3,(H,19,20)/t14-,15-. The largest absolute Gasteiger partial charge is 0.478 e. The van der Waals surface area contributed by atoms with Crippen LogP contribution < -0.4 is 0 Å². The van der Waals surface area contributed by atoms with Gasteiger partial charge in [0.25, 0.3) is 0 Å². The molecule has 1 aliphatic rings. The number of carbonyl (C=O) groups is 1. The van der Waals surface area contributed by atoms with Crippen LogP contribution in [0.2, 0.25) is 0 Å². The zero-order valence-electron chi connectivity index (χ0n) is 12.5. The Labute approximate surface area is 122 Å². The first-order chi connectivity index (χ1) is 9.70. The number of hydrogen-bond donors (Lipinski definition) is 1. The fraction of sp³-hybridized carbons (Fsp3) is 0.611. The number of carboxylic acids is 1. The van der Waals surface area contributed by atoms with Crippen LogP contribution in [0.25, 0.3) is 0 Å². The van der Waals surface area contributed by atoms with Gasteiger partial charge in [-0.1, -0.05) is 44.7 Å². The highest BCUT2D eigenvalue weighted by atomic mass is 16.4. The van der Waals surface area contributed by atoms with Crippen LogP contribution in [0.5, 0.6) is 0 Å². The van der Waals surface area contributed by atoms with Gasteiger partial charge in [-0.15, -0.1) is 0 Å². The topological polar surface area (TPSA) is 37.3 Å². The van der Waals surface area contributed by atoms with Crippen LogP contribution >= 0.6 is 0 Å².